The Bertz CT molecular complexity index is 232. The summed E-state index contributed by atoms with van der Waals surface area (Å²) in [6.07, 6.45) is 0. The molecular weight excluding hydrogens is 170 g/mol. The minimum atomic E-state index is -1.67. The lowest BCUT2D eigenvalue weighted by Crippen LogP contribution is -2.28. The first-order valence-electron chi connectivity index (χ1n) is 2.83. The highest BCUT2D eigenvalue weighted by atomic mass is 19.2. The summed E-state index contributed by atoms with van der Waals surface area (Å²) in [5.41, 5.74) is -2.42. The summed E-state index contributed by atoms with van der Waals surface area (Å²) in [5, 5.41) is 0. The van der Waals surface area contributed by atoms with Crippen molar-refractivity contribution in [2.45, 2.75) is 0 Å². The van der Waals surface area contributed by atoms with Crippen LogP contribution in [0, 0.1) is 23.3 Å². The lowest BCUT2D eigenvalue weighted by Gasteiger charge is -2.05. The predicted octanol–water partition coefficient (Wildman–Crippen LogP) is -0.169. The maximum Gasteiger partial charge on any atom is 0.154 e. The summed E-state index contributed by atoms with van der Waals surface area (Å²) in [5.74, 6) is -6.70. The Kier molecular flexibility index (Phi) is 2.17. The van der Waals surface area contributed by atoms with Crippen molar-refractivity contribution in [2.24, 2.45) is 0 Å². The minimum Gasteiger partial charge on any atom is -0.204 e. The second-order valence-electron chi connectivity index (χ2n) is 2.08. The molecule has 0 saturated carbocycles. The Morgan fingerprint density at radius 3 is 0.917 bits per heavy atom. The highest BCUT2D eigenvalue weighted by Gasteiger charge is 2.18. The molecule has 0 aliphatic heterocycles. The van der Waals surface area contributed by atoms with Gasteiger partial charge in [-0.15, -0.1) is 0 Å². The van der Waals surface area contributed by atoms with Crippen LogP contribution in [-0.4, -0.2) is 15.7 Å². The van der Waals surface area contributed by atoms with Crippen molar-refractivity contribution in [1.82, 2.24) is 0 Å². The lowest BCUT2D eigenvalue weighted by molar-refractivity contribution is 0.473. The van der Waals surface area contributed by atoms with Gasteiger partial charge in [-0.2, -0.15) is 0 Å². The Balaban J connectivity index is 3.60. The van der Waals surface area contributed by atoms with Crippen LogP contribution in [0.15, 0.2) is 0 Å². The van der Waals surface area contributed by atoms with E-state index in [0.717, 1.165) is 0 Å². The van der Waals surface area contributed by atoms with Crippen LogP contribution in [0.4, 0.5) is 17.6 Å². The zero-order valence-electron chi connectivity index (χ0n) is 5.67. The van der Waals surface area contributed by atoms with Gasteiger partial charge < -0.3 is 0 Å². The zero-order valence-corrected chi connectivity index (χ0v) is 5.67. The van der Waals surface area contributed by atoms with Gasteiger partial charge in [0.15, 0.2) is 23.3 Å². The van der Waals surface area contributed by atoms with Gasteiger partial charge in [0, 0.05) is 0 Å². The molecule has 4 radical (unpaired) electrons. The summed E-state index contributed by atoms with van der Waals surface area (Å²) in [7, 11) is 9.33. The van der Waals surface area contributed by atoms with E-state index in [1.54, 1.807) is 0 Å². The largest absolute Gasteiger partial charge is 0.204 e. The van der Waals surface area contributed by atoms with E-state index in [9.17, 15) is 17.6 Å². The van der Waals surface area contributed by atoms with Gasteiger partial charge in [0.2, 0.25) is 0 Å². The van der Waals surface area contributed by atoms with Gasteiger partial charge >= 0.3 is 0 Å². The van der Waals surface area contributed by atoms with Crippen molar-refractivity contribution >= 4 is 26.6 Å². The average Bonchev–Trinajstić information content (AvgIpc) is 2.08. The highest BCUT2D eigenvalue weighted by Crippen LogP contribution is 2.05. The Morgan fingerprint density at radius 1 is 0.583 bits per heavy atom. The summed E-state index contributed by atoms with van der Waals surface area (Å²) < 4.78 is 49.8. The number of hydrogen-bond donors (Lipinski definition) is 0. The molecule has 0 unspecified atom stereocenters. The molecule has 0 aromatic heterocycles. The third-order valence-corrected chi connectivity index (χ3v) is 1.33. The standard InChI is InChI=1S/C6B2F4/c7-1-3(9)5(11)2(8)6(12)4(1)10. The maximum absolute atomic E-state index is 12.4. The second-order valence-corrected chi connectivity index (χ2v) is 2.08. The molecule has 0 fully saturated rings. The van der Waals surface area contributed by atoms with Crippen LogP contribution in [0.5, 0.6) is 0 Å². The Hall–Kier alpha value is -0.930. The van der Waals surface area contributed by atoms with E-state index in [0.29, 0.717) is 0 Å². The molecule has 0 bridgehead atoms. The van der Waals surface area contributed by atoms with E-state index >= 15 is 0 Å². The van der Waals surface area contributed by atoms with E-state index in [2.05, 4.69) is 15.7 Å². The molecule has 1 aromatic carbocycles. The summed E-state index contributed by atoms with van der Waals surface area (Å²) in [6.45, 7) is 0. The highest BCUT2D eigenvalue weighted by molar-refractivity contribution is 6.36. The monoisotopic (exact) mass is 170 g/mol. The first-order chi connectivity index (χ1) is 5.46. The van der Waals surface area contributed by atoms with E-state index in [4.69, 9.17) is 0 Å². The average molecular weight is 170 g/mol. The van der Waals surface area contributed by atoms with Crippen LogP contribution in [0.3, 0.4) is 0 Å². The van der Waals surface area contributed by atoms with Gasteiger partial charge in [-0.3, -0.25) is 0 Å². The third kappa shape index (κ3) is 1.11. The molecule has 0 saturated heterocycles. The molecule has 0 N–H and O–H groups in total. The number of benzene rings is 1. The van der Waals surface area contributed by atoms with Crippen LogP contribution in [0.1, 0.15) is 0 Å². The maximum atomic E-state index is 12.4. The number of rotatable bonds is 0. The third-order valence-electron chi connectivity index (χ3n) is 1.33. The van der Waals surface area contributed by atoms with Crippen molar-refractivity contribution in [2.75, 3.05) is 0 Å². The second kappa shape index (κ2) is 2.84. The molecule has 0 nitrogen and oxygen atoms in total. The molecule has 1 aromatic rings. The van der Waals surface area contributed by atoms with Crippen molar-refractivity contribution in [3.63, 3.8) is 0 Å². The quantitative estimate of drug-likeness (QED) is 0.288. The van der Waals surface area contributed by atoms with Gasteiger partial charge in [-0.05, 0) is 10.9 Å². The lowest BCUT2D eigenvalue weighted by atomic mass is 9.87. The fraction of sp³-hybridized carbons (Fsp3) is 0. The van der Waals surface area contributed by atoms with E-state index in [1.807, 2.05) is 0 Å². The van der Waals surface area contributed by atoms with E-state index in [-0.39, 0.29) is 0 Å². The fourth-order valence-corrected chi connectivity index (χ4v) is 0.666. The molecule has 0 aliphatic rings. The Morgan fingerprint density at radius 2 is 0.750 bits per heavy atom. The van der Waals surface area contributed by atoms with Crippen LogP contribution in [-0.2, 0) is 0 Å². The first-order valence-corrected chi connectivity index (χ1v) is 2.83. The molecule has 58 valence electrons. The molecular formula is C6B2F4. The number of halogens is 4. The van der Waals surface area contributed by atoms with Crippen molar-refractivity contribution in [3.8, 4) is 0 Å². The van der Waals surface area contributed by atoms with Crippen LogP contribution >= 0.6 is 0 Å². The minimum absolute atomic E-state index is 1.21. The van der Waals surface area contributed by atoms with Crippen molar-refractivity contribution in [3.05, 3.63) is 23.3 Å². The van der Waals surface area contributed by atoms with Gasteiger partial charge in [0.05, 0.1) is 0 Å². The molecule has 1 rings (SSSR count). The van der Waals surface area contributed by atoms with E-state index < -0.39 is 34.2 Å². The van der Waals surface area contributed by atoms with Gasteiger partial charge in [-0.1, -0.05) is 0 Å². The van der Waals surface area contributed by atoms with Crippen molar-refractivity contribution in [1.29, 1.82) is 0 Å². The SMILES string of the molecule is [B]c1c(F)c(F)c([B])c(F)c1F. The molecule has 0 atom stereocenters. The molecule has 0 aliphatic carbocycles. The van der Waals surface area contributed by atoms with Gasteiger partial charge in [0.1, 0.15) is 15.7 Å². The topological polar surface area (TPSA) is 0 Å². The summed E-state index contributed by atoms with van der Waals surface area (Å²) in [4.78, 5) is 0. The fourth-order valence-electron chi connectivity index (χ4n) is 0.666. The Labute approximate surface area is 68.4 Å². The molecule has 0 amide bonds. The number of hydrogen-bond acceptors (Lipinski definition) is 0. The smallest absolute Gasteiger partial charge is 0.154 e. The summed E-state index contributed by atoms with van der Waals surface area (Å²) >= 11 is 0. The zero-order chi connectivity index (χ0) is 9.46. The molecule has 0 heterocycles. The van der Waals surface area contributed by atoms with E-state index in [1.165, 1.54) is 0 Å². The summed E-state index contributed by atoms with van der Waals surface area (Å²) in [6, 6.07) is 0. The van der Waals surface area contributed by atoms with Crippen LogP contribution in [0.25, 0.3) is 0 Å². The van der Waals surface area contributed by atoms with Crippen LogP contribution < -0.4 is 10.9 Å². The van der Waals surface area contributed by atoms with Gasteiger partial charge in [-0.25, -0.2) is 17.6 Å². The molecule has 6 heteroatoms. The molecule has 12 heavy (non-hydrogen) atoms. The van der Waals surface area contributed by atoms with Crippen molar-refractivity contribution < 1.29 is 17.6 Å². The van der Waals surface area contributed by atoms with Crippen LogP contribution in [0.2, 0.25) is 0 Å². The normalized spacial score (nSPS) is 10.3. The molecule has 0 spiro atoms. The predicted molar refractivity (Wildman–Crippen MR) is 37.0 cm³/mol. The first kappa shape index (κ1) is 9.16. The van der Waals surface area contributed by atoms with Gasteiger partial charge in [0.25, 0.3) is 0 Å².